The van der Waals surface area contributed by atoms with Crippen LogP contribution in [-0.2, 0) is 66.4 Å². The number of ether oxygens (including phenoxy) is 12. The molecule has 6 heterocycles. The Balaban J connectivity index is 0.000000274. The highest BCUT2D eigenvalue weighted by Gasteiger charge is 2.58. The van der Waals surface area contributed by atoms with Crippen LogP contribution < -0.4 is 62.7 Å². The van der Waals surface area contributed by atoms with E-state index in [4.69, 9.17) is 114 Å². The molecular formula is C54H102FN11O31. The van der Waals surface area contributed by atoms with Gasteiger partial charge in [0.05, 0.1) is 62.7 Å². The average molecular weight is 1420 g/mol. The number of nitrogens with two attached hydrogens (primary N) is 10. The summed E-state index contributed by atoms with van der Waals surface area (Å²) in [5.41, 5.74) is 58.9. The number of carbonyl (C=O) groups is 2. The topological polar surface area (TPSA) is 761 Å². The van der Waals surface area contributed by atoms with Crippen LogP contribution in [0.15, 0.2) is 0 Å². The molecule has 8 rings (SSSR count). The van der Waals surface area contributed by atoms with Gasteiger partial charge in [-0.15, -0.1) is 0 Å². The maximum absolute atomic E-state index is 14.0. The minimum atomic E-state index is -2.20. The van der Waals surface area contributed by atoms with Crippen molar-refractivity contribution in [2.24, 2.45) is 63.3 Å². The van der Waals surface area contributed by atoms with Gasteiger partial charge in [0, 0.05) is 44.6 Å². The van der Waals surface area contributed by atoms with E-state index >= 15 is 0 Å². The minimum Gasteiger partial charge on any atom is -0.394 e. The number of amides is 1. The number of hydrogen-bond donors (Lipinski definition) is 28. The quantitative estimate of drug-likeness (QED) is 0.0382. The van der Waals surface area contributed by atoms with Crippen LogP contribution in [-0.4, -0.2) is 390 Å². The molecule has 0 aromatic carbocycles. The number of rotatable bonds is 26. The minimum absolute atomic E-state index is 0.0567. The lowest BCUT2D eigenvalue weighted by Crippen LogP contribution is -2.69. The number of nitrogens with one attached hydrogen (secondary N) is 1. The van der Waals surface area contributed by atoms with Gasteiger partial charge in [-0.1, -0.05) is 0 Å². The number of halogens is 1. The van der Waals surface area contributed by atoms with E-state index in [2.05, 4.69) is 5.32 Å². The molecule has 0 bridgehead atoms. The fraction of sp³-hybridized carbons (Fsp3) is 0.963. The molecule has 8 fully saturated rings. The summed E-state index contributed by atoms with van der Waals surface area (Å²) in [6.45, 7) is -3.90. The largest absolute Gasteiger partial charge is 0.394 e. The second kappa shape index (κ2) is 36.3. The van der Waals surface area contributed by atoms with Gasteiger partial charge in [-0.2, -0.15) is 0 Å². The summed E-state index contributed by atoms with van der Waals surface area (Å²) < 4.78 is 83.4. The molecule has 0 aromatic rings. The van der Waals surface area contributed by atoms with Crippen LogP contribution in [0.25, 0.3) is 0 Å². The Hall–Kier alpha value is -2.49. The predicted molar refractivity (Wildman–Crippen MR) is 315 cm³/mol. The molecule has 97 heavy (non-hydrogen) atoms. The molecule has 566 valence electrons. The van der Waals surface area contributed by atoms with Crippen LogP contribution >= 0.6 is 0 Å². The fourth-order valence-corrected chi connectivity index (χ4v) is 12.9. The first-order chi connectivity index (χ1) is 45.9. The number of carbonyl (C=O) groups excluding carboxylic acids is 2. The molecule has 42 nitrogen and oxygen atoms in total. The summed E-state index contributed by atoms with van der Waals surface area (Å²) in [5, 5.41) is 180. The third kappa shape index (κ3) is 18.4. The first-order valence-corrected chi connectivity index (χ1v) is 31.8. The van der Waals surface area contributed by atoms with Gasteiger partial charge in [0.2, 0.25) is 0 Å². The van der Waals surface area contributed by atoms with Gasteiger partial charge in [-0.05, 0) is 25.3 Å². The molecule has 8 aliphatic rings. The molecular weight excluding hydrogens is 1320 g/mol. The van der Waals surface area contributed by atoms with E-state index < -0.39 is 284 Å². The predicted octanol–water partition coefficient (Wildman–Crippen LogP) is -18.3. The fourth-order valence-electron chi connectivity index (χ4n) is 12.9. The monoisotopic (exact) mass is 1420 g/mol. The van der Waals surface area contributed by atoms with Crippen LogP contribution in [0.2, 0.25) is 0 Å². The van der Waals surface area contributed by atoms with Crippen LogP contribution in [0, 0.1) is 5.92 Å². The number of aliphatic hydroxyl groups is 17. The Morgan fingerprint density at radius 3 is 1.11 bits per heavy atom. The number of Topliss-reactive ketones (excluding diaryl/α,β-unsaturated/α-hetero) is 1. The van der Waals surface area contributed by atoms with Crippen molar-refractivity contribution in [1.82, 2.24) is 5.32 Å². The van der Waals surface area contributed by atoms with Crippen molar-refractivity contribution < 1.29 is 158 Å². The Morgan fingerprint density at radius 1 is 0.423 bits per heavy atom. The molecule has 0 aromatic heterocycles. The lowest BCUT2D eigenvalue weighted by molar-refractivity contribution is -0.313. The summed E-state index contributed by atoms with van der Waals surface area (Å²) in [6, 6.07) is -8.83. The van der Waals surface area contributed by atoms with Crippen molar-refractivity contribution in [2.75, 3.05) is 52.6 Å². The lowest BCUT2D eigenvalue weighted by atomic mass is 9.77. The van der Waals surface area contributed by atoms with Crippen molar-refractivity contribution >= 4 is 11.7 Å². The molecule has 0 radical (unpaired) electrons. The van der Waals surface area contributed by atoms with Crippen LogP contribution in [0.1, 0.15) is 25.7 Å². The summed E-state index contributed by atoms with van der Waals surface area (Å²) in [7, 11) is 0. The molecule has 6 aliphatic heterocycles. The van der Waals surface area contributed by atoms with Crippen LogP contribution in [0.5, 0.6) is 0 Å². The van der Waals surface area contributed by atoms with Gasteiger partial charge in [0.1, 0.15) is 152 Å². The highest BCUT2D eigenvalue weighted by atomic mass is 19.1. The standard InChI is InChI=1S/C27H51FN6O16.C27H51N5O15/c28-6(2-29)14(37)24(44)34-8-1-7(31)21(48-26-13(33)19(42)17(40)10(4-35)46-26)23(15(8)38)50-27-20(43)22(11(5-36)47-27)49-25-12(32)18(41)16(39)9(3-30)45-25;28-2-1-9(35)3-8-4-10(30)22(45-26-15(32)20(40)18(38)12(6-33)43-26)24(16(8)36)47-27-21(41)23(13(7-34)44-27)46-25-14(31)19(39)17(37)11(5-29)42-25/h6-23,25-27,35-43H,1-5,29-33H2,(H,34,44);8,10-27,33-34,36-41H,1-7,28-32H2/t6-,7+,8-,9+,10-,11-,12-,13-,14+,15+,16-,17-,18-,19-,20-,21-,22-,23-,25-,26-,27+;8-,10+,11+,12-,13-,14-,15-,16+,17-,18-,19-,20-,21-,22-,23-,24-,25-,26-,27+/m11/s1. The zero-order valence-corrected chi connectivity index (χ0v) is 52.5. The van der Waals surface area contributed by atoms with Gasteiger partial charge < -0.3 is 206 Å². The van der Waals surface area contributed by atoms with E-state index in [0.717, 1.165) is 0 Å². The van der Waals surface area contributed by atoms with Gasteiger partial charge in [-0.25, -0.2) is 4.39 Å². The molecule has 40 atom stereocenters. The number of alkyl halides is 1. The average Bonchev–Trinajstić information content (AvgIpc) is 1.77. The molecule has 2 aliphatic carbocycles. The molecule has 43 heteroatoms. The van der Waals surface area contributed by atoms with E-state index in [1.807, 2.05) is 0 Å². The van der Waals surface area contributed by atoms with E-state index in [9.17, 15) is 101 Å². The summed E-state index contributed by atoms with van der Waals surface area (Å²) >= 11 is 0. The van der Waals surface area contributed by atoms with Gasteiger partial charge in [-0.3, -0.25) is 9.59 Å². The van der Waals surface area contributed by atoms with E-state index in [1.54, 1.807) is 0 Å². The van der Waals surface area contributed by atoms with Crippen molar-refractivity contribution in [3.8, 4) is 0 Å². The van der Waals surface area contributed by atoms with Crippen LogP contribution in [0.4, 0.5) is 4.39 Å². The lowest BCUT2D eigenvalue weighted by Gasteiger charge is -2.48. The maximum Gasteiger partial charge on any atom is 0.252 e. The van der Waals surface area contributed by atoms with Crippen LogP contribution in [0.3, 0.4) is 0 Å². The summed E-state index contributed by atoms with van der Waals surface area (Å²) in [5.74, 6) is -2.22. The Kier molecular flexibility index (Phi) is 30.6. The zero-order valence-electron chi connectivity index (χ0n) is 52.5. The smallest absolute Gasteiger partial charge is 0.252 e. The Labute approximate surface area is 553 Å². The third-order valence-electron chi connectivity index (χ3n) is 18.7. The maximum atomic E-state index is 14.0. The summed E-state index contributed by atoms with van der Waals surface area (Å²) in [4.78, 5) is 25.1. The van der Waals surface area contributed by atoms with E-state index in [1.165, 1.54) is 0 Å². The normalized spacial score (nSPS) is 48.7. The van der Waals surface area contributed by atoms with Gasteiger partial charge >= 0.3 is 0 Å². The summed E-state index contributed by atoms with van der Waals surface area (Å²) in [6.07, 6.45) is -48.8. The number of ketones is 1. The molecule has 38 N–H and O–H groups in total. The zero-order chi connectivity index (χ0) is 71.9. The Bertz CT molecular complexity index is 2410. The second-order valence-corrected chi connectivity index (χ2v) is 25.4. The van der Waals surface area contributed by atoms with Crippen molar-refractivity contribution in [3.05, 3.63) is 0 Å². The molecule has 6 saturated heterocycles. The van der Waals surface area contributed by atoms with E-state index in [-0.39, 0.29) is 51.1 Å². The highest BCUT2D eigenvalue weighted by Crippen LogP contribution is 2.39. The molecule has 1 amide bonds. The SMILES string of the molecule is NCCC(=O)C[C@@H]1C[C@H](N)[C@@H](O[C@H]2O[C@H](CO)[C@@H](O)[C@H](O)[C@H]2N)[C@H](O[C@@H]2O[C@H](CO)[C@@H](O[C@H]3O[C@@H](CN)[C@@H](O)[C@H](O)[C@H]3N)[C@H]2O)[C@H]1O.NC[C@@H](F)[C@H](O)C(=O)N[C@@H]1C[C@H](N)[C@@H](O[C@H]2O[C@H](CO)[C@@H](O)[C@H](O)[C@H]2N)[C@H](O[C@@H]2O[C@H](CO)[C@@H](O[C@H]3O[C@@H](CN)[C@@H](O)[C@H](O)[C@H]3N)[C@H]2O)[C@H]1O. The first-order valence-electron chi connectivity index (χ1n) is 31.8. The number of aliphatic hydroxyl groups excluding tert-OH is 17. The first kappa shape index (κ1) is 81.8. The van der Waals surface area contributed by atoms with Gasteiger partial charge in [0.25, 0.3) is 5.91 Å². The van der Waals surface area contributed by atoms with Crippen molar-refractivity contribution in [2.45, 2.75) is 264 Å². The molecule has 0 unspecified atom stereocenters. The highest BCUT2D eigenvalue weighted by molar-refractivity contribution is 5.81. The number of hydrogen-bond acceptors (Lipinski definition) is 41. The Morgan fingerprint density at radius 2 is 0.753 bits per heavy atom. The van der Waals surface area contributed by atoms with Crippen molar-refractivity contribution in [3.63, 3.8) is 0 Å². The second-order valence-electron chi connectivity index (χ2n) is 25.4. The van der Waals surface area contributed by atoms with Gasteiger partial charge in [0.15, 0.2) is 43.8 Å². The molecule has 2 saturated carbocycles. The molecule has 0 spiro atoms. The third-order valence-corrected chi connectivity index (χ3v) is 18.7. The van der Waals surface area contributed by atoms with E-state index in [0.29, 0.717) is 0 Å². The van der Waals surface area contributed by atoms with Crippen molar-refractivity contribution in [1.29, 1.82) is 0 Å².